The van der Waals surface area contributed by atoms with Gasteiger partial charge in [0.15, 0.2) is 0 Å². The summed E-state index contributed by atoms with van der Waals surface area (Å²) < 4.78 is 0. The molecule has 8 aromatic carbocycles. The van der Waals surface area contributed by atoms with Crippen molar-refractivity contribution in [2.24, 2.45) is 0 Å². The van der Waals surface area contributed by atoms with Crippen molar-refractivity contribution in [1.29, 1.82) is 0 Å². The molecule has 0 aromatic heterocycles. The number of rotatable bonds is 5. The van der Waals surface area contributed by atoms with Gasteiger partial charge in [-0.15, -0.1) is 0 Å². The molecule has 1 saturated carbocycles. The van der Waals surface area contributed by atoms with E-state index in [9.17, 15) is 0 Å². The first-order valence-electron chi connectivity index (χ1n) is 27.3. The smallest absolute Gasteiger partial charge is 0.252 e. The van der Waals surface area contributed by atoms with Crippen LogP contribution in [0.3, 0.4) is 0 Å². The summed E-state index contributed by atoms with van der Waals surface area (Å²) in [7, 11) is 0. The fourth-order valence-corrected chi connectivity index (χ4v) is 13.1. The molecule has 2 unspecified atom stereocenters. The SMILES string of the molecule is CC(C)(C)c1ccc(N2c3ccccc3B3c4ccc(C(C)(C)C)cc4N(c4ccc(C(C)(C)C)cc4-c4ccccc4)c4cc(N5c6ccc(C(C)(C)C)cc6C6(C)CCC56C)cc2c43)c(-c2ccccc2)c1. The average molecular weight is 968 g/mol. The Bertz CT molecular complexity index is 3540. The van der Waals surface area contributed by atoms with E-state index in [0.29, 0.717) is 0 Å². The van der Waals surface area contributed by atoms with Gasteiger partial charge >= 0.3 is 0 Å². The summed E-state index contributed by atoms with van der Waals surface area (Å²) >= 11 is 0. The average Bonchev–Trinajstić information content (AvgIpc) is 3.56. The van der Waals surface area contributed by atoms with E-state index in [4.69, 9.17) is 0 Å². The molecule has 3 aliphatic heterocycles. The molecule has 74 heavy (non-hydrogen) atoms. The molecule has 8 aromatic rings. The molecule has 3 nitrogen and oxygen atoms in total. The van der Waals surface area contributed by atoms with Crippen LogP contribution in [0.25, 0.3) is 22.3 Å². The first-order valence-corrected chi connectivity index (χ1v) is 27.3. The highest BCUT2D eigenvalue weighted by atomic mass is 15.3. The first-order chi connectivity index (χ1) is 35.0. The fraction of sp³-hybridized carbons (Fsp3) is 0.314. The largest absolute Gasteiger partial charge is 0.334 e. The van der Waals surface area contributed by atoms with Gasteiger partial charge in [-0.2, -0.15) is 0 Å². The number of benzene rings is 8. The van der Waals surface area contributed by atoms with Crippen LogP contribution in [0.2, 0.25) is 0 Å². The van der Waals surface area contributed by atoms with Crippen LogP contribution in [-0.2, 0) is 27.1 Å². The molecule has 0 radical (unpaired) electrons. The number of fused-ring (bicyclic) bond motifs is 7. The van der Waals surface area contributed by atoms with Crippen LogP contribution in [0.4, 0.5) is 45.5 Å². The minimum atomic E-state index is -0.131. The molecular formula is C70H74BN3. The third-order valence-electron chi connectivity index (χ3n) is 18.0. The Morgan fingerprint density at radius 2 is 0.811 bits per heavy atom. The molecule has 4 heteroatoms. The zero-order chi connectivity index (χ0) is 52.1. The van der Waals surface area contributed by atoms with Gasteiger partial charge < -0.3 is 14.7 Å². The Balaban J connectivity index is 1.23. The van der Waals surface area contributed by atoms with Crippen molar-refractivity contribution in [2.45, 2.75) is 142 Å². The summed E-state index contributed by atoms with van der Waals surface area (Å²) in [6.45, 7) is 33.2. The minimum absolute atomic E-state index is 0.00796. The zero-order valence-electron chi connectivity index (χ0n) is 46.5. The highest BCUT2D eigenvalue weighted by Gasteiger charge is 2.63. The van der Waals surface area contributed by atoms with E-state index in [-0.39, 0.29) is 39.3 Å². The van der Waals surface area contributed by atoms with Gasteiger partial charge in [0.1, 0.15) is 0 Å². The second kappa shape index (κ2) is 16.4. The zero-order valence-corrected chi connectivity index (χ0v) is 46.5. The van der Waals surface area contributed by atoms with Crippen molar-refractivity contribution >= 4 is 68.6 Å². The predicted molar refractivity (Wildman–Crippen MR) is 320 cm³/mol. The lowest BCUT2D eigenvalue weighted by atomic mass is 9.33. The molecular weight excluding hydrogens is 894 g/mol. The highest BCUT2D eigenvalue weighted by molar-refractivity contribution is 7.00. The van der Waals surface area contributed by atoms with Crippen molar-refractivity contribution in [3.8, 4) is 22.3 Å². The molecule has 0 bridgehead atoms. The van der Waals surface area contributed by atoms with E-state index in [2.05, 4.69) is 281 Å². The molecule has 2 atom stereocenters. The number of nitrogens with zero attached hydrogens (tertiary/aromatic N) is 3. The Morgan fingerprint density at radius 1 is 0.378 bits per heavy atom. The quantitative estimate of drug-likeness (QED) is 0.159. The standard InChI is InChI=1S/C70H74BN3/c1-65(2,3)47-30-34-57(52(39-47)45-23-17-15-18-24-45)72-60-28-22-21-27-55(60)71-56-33-29-50(68(10,11)12)42-61(56)73(58-35-31-48(66(4,5)6)40-53(58)46-25-19-16-20-26-46)63-44-51(43-62(72)64(63)71)74-59-36-32-49(67(7,8)9)41-54(59)69(13)37-38-70(69,74)14/h15-36,39-44H,37-38H2,1-14H3. The normalized spacial score (nSPS) is 18.8. The Hall–Kier alpha value is -6.78. The molecule has 0 saturated heterocycles. The molecule has 12 rings (SSSR count). The van der Waals surface area contributed by atoms with Crippen molar-refractivity contribution < 1.29 is 0 Å². The van der Waals surface area contributed by atoms with Gasteiger partial charge in [-0.3, -0.25) is 0 Å². The van der Waals surface area contributed by atoms with Gasteiger partial charge in [0.05, 0.1) is 16.9 Å². The van der Waals surface area contributed by atoms with E-state index in [1.165, 1.54) is 112 Å². The lowest BCUT2D eigenvalue weighted by molar-refractivity contribution is 0.133. The van der Waals surface area contributed by atoms with Gasteiger partial charge in [-0.05, 0) is 151 Å². The van der Waals surface area contributed by atoms with Crippen molar-refractivity contribution in [3.63, 3.8) is 0 Å². The Morgan fingerprint density at radius 3 is 1.31 bits per heavy atom. The number of para-hydroxylation sites is 1. The molecule has 0 amide bonds. The van der Waals surface area contributed by atoms with Crippen molar-refractivity contribution in [2.75, 3.05) is 14.7 Å². The van der Waals surface area contributed by atoms with Crippen LogP contribution in [-0.4, -0.2) is 12.3 Å². The van der Waals surface area contributed by atoms with E-state index >= 15 is 0 Å². The monoisotopic (exact) mass is 968 g/mol. The molecule has 1 aliphatic carbocycles. The van der Waals surface area contributed by atoms with Crippen LogP contribution >= 0.6 is 0 Å². The number of hydrogen-bond donors (Lipinski definition) is 0. The summed E-state index contributed by atoms with van der Waals surface area (Å²) in [6, 6.07) is 66.2. The van der Waals surface area contributed by atoms with Gasteiger partial charge in [0.2, 0.25) is 0 Å². The van der Waals surface area contributed by atoms with Gasteiger partial charge in [0.25, 0.3) is 6.71 Å². The Labute approximate surface area is 443 Å². The number of anilines is 8. The lowest BCUT2D eigenvalue weighted by Crippen LogP contribution is -2.62. The van der Waals surface area contributed by atoms with Crippen LogP contribution < -0.4 is 31.1 Å². The van der Waals surface area contributed by atoms with Gasteiger partial charge in [-0.1, -0.05) is 205 Å². The highest BCUT2D eigenvalue weighted by Crippen LogP contribution is 2.66. The Kier molecular flexibility index (Phi) is 10.7. The molecule has 372 valence electrons. The maximum absolute atomic E-state index is 2.78. The fourth-order valence-electron chi connectivity index (χ4n) is 13.1. The van der Waals surface area contributed by atoms with Crippen LogP contribution in [0.1, 0.15) is 138 Å². The second-order valence-corrected chi connectivity index (χ2v) is 26.7. The molecule has 3 heterocycles. The minimum Gasteiger partial charge on any atom is -0.334 e. The van der Waals surface area contributed by atoms with E-state index < -0.39 is 0 Å². The topological polar surface area (TPSA) is 9.72 Å². The summed E-state index contributed by atoms with van der Waals surface area (Å²) in [4.78, 5) is 8.12. The molecule has 1 fully saturated rings. The van der Waals surface area contributed by atoms with Gasteiger partial charge in [-0.25, -0.2) is 0 Å². The molecule has 0 spiro atoms. The van der Waals surface area contributed by atoms with E-state index in [1.54, 1.807) is 0 Å². The summed E-state index contributed by atoms with van der Waals surface area (Å²) in [5.74, 6) is 0. The summed E-state index contributed by atoms with van der Waals surface area (Å²) in [5, 5.41) is 0. The van der Waals surface area contributed by atoms with Crippen LogP contribution in [0.15, 0.2) is 170 Å². The van der Waals surface area contributed by atoms with Crippen molar-refractivity contribution in [3.05, 3.63) is 198 Å². The van der Waals surface area contributed by atoms with E-state index in [0.717, 1.165) is 12.8 Å². The third-order valence-corrected chi connectivity index (χ3v) is 18.0. The van der Waals surface area contributed by atoms with Crippen LogP contribution in [0, 0.1) is 0 Å². The maximum Gasteiger partial charge on any atom is 0.252 e. The van der Waals surface area contributed by atoms with Gasteiger partial charge in [0, 0.05) is 50.7 Å². The second-order valence-electron chi connectivity index (χ2n) is 26.7. The number of hydrogen-bond acceptors (Lipinski definition) is 3. The maximum atomic E-state index is 2.78. The lowest BCUT2D eigenvalue weighted by Gasteiger charge is -2.56. The third kappa shape index (κ3) is 7.28. The van der Waals surface area contributed by atoms with E-state index in [1.807, 2.05) is 0 Å². The molecule has 0 N–H and O–H groups in total. The summed E-state index contributed by atoms with van der Waals surface area (Å²) in [5.41, 5.74) is 25.4. The summed E-state index contributed by atoms with van der Waals surface area (Å²) in [6.07, 6.45) is 2.28. The van der Waals surface area contributed by atoms with Crippen LogP contribution in [0.5, 0.6) is 0 Å². The first kappa shape index (κ1) is 48.2. The predicted octanol–water partition coefficient (Wildman–Crippen LogP) is 17.3. The van der Waals surface area contributed by atoms with Crippen molar-refractivity contribution in [1.82, 2.24) is 0 Å². The molecule has 4 aliphatic rings.